The van der Waals surface area contributed by atoms with Crippen LogP contribution in [0.1, 0.15) is 73.7 Å². The molecule has 9 heteroatoms. The average molecular weight is 425 g/mol. The zero-order valence-corrected chi connectivity index (χ0v) is 18.3. The van der Waals surface area contributed by atoms with Crippen molar-refractivity contribution in [1.82, 2.24) is 30.1 Å². The topological polar surface area (TPSA) is 110 Å². The Labute approximate surface area is 181 Å². The first-order valence-electron chi connectivity index (χ1n) is 10.7. The van der Waals surface area contributed by atoms with Gasteiger partial charge < -0.3 is 14.4 Å². The maximum Gasteiger partial charge on any atom is 0.256 e. The first-order chi connectivity index (χ1) is 14.8. The van der Waals surface area contributed by atoms with Crippen LogP contribution in [0.25, 0.3) is 5.69 Å². The zero-order valence-electron chi connectivity index (χ0n) is 18.3. The molecule has 3 heterocycles. The van der Waals surface area contributed by atoms with E-state index in [-0.39, 0.29) is 17.9 Å². The monoisotopic (exact) mass is 424 g/mol. The van der Waals surface area contributed by atoms with Crippen molar-refractivity contribution in [3.63, 3.8) is 0 Å². The van der Waals surface area contributed by atoms with E-state index in [0.717, 1.165) is 12.8 Å². The van der Waals surface area contributed by atoms with Crippen molar-refractivity contribution in [2.24, 2.45) is 0 Å². The van der Waals surface area contributed by atoms with E-state index in [1.807, 2.05) is 30.9 Å². The minimum Gasteiger partial charge on any atom is -0.445 e. The normalized spacial score (nSPS) is 21.1. The Balaban J connectivity index is 1.61. The number of carbonyl (C=O) groups is 1. The van der Waals surface area contributed by atoms with Gasteiger partial charge in [0.2, 0.25) is 0 Å². The van der Waals surface area contributed by atoms with Crippen molar-refractivity contribution in [2.75, 3.05) is 6.54 Å². The summed E-state index contributed by atoms with van der Waals surface area (Å²) in [6, 6.07) is 7.33. The summed E-state index contributed by atoms with van der Waals surface area (Å²) in [7, 11) is 0. The van der Waals surface area contributed by atoms with Crippen molar-refractivity contribution in [1.29, 1.82) is 0 Å². The fourth-order valence-corrected chi connectivity index (χ4v) is 4.11. The van der Waals surface area contributed by atoms with E-state index in [1.165, 1.54) is 11.1 Å². The maximum atomic E-state index is 13.5. The third kappa shape index (κ3) is 3.97. The number of aliphatic hydroxyl groups is 1. The van der Waals surface area contributed by atoms with E-state index in [0.29, 0.717) is 41.6 Å². The van der Waals surface area contributed by atoms with Gasteiger partial charge in [-0.3, -0.25) is 4.79 Å². The van der Waals surface area contributed by atoms with Gasteiger partial charge in [0.25, 0.3) is 5.91 Å². The van der Waals surface area contributed by atoms with Crippen LogP contribution in [0.15, 0.2) is 35.0 Å². The first-order valence-corrected chi connectivity index (χ1v) is 10.7. The van der Waals surface area contributed by atoms with Gasteiger partial charge in [-0.2, -0.15) is 0 Å². The van der Waals surface area contributed by atoms with Crippen molar-refractivity contribution < 1.29 is 14.3 Å². The lowest BCUT2D eigenvalue weighted by Gasteiger charge is -2.37. The number of piperidine rings is 1. The number of rotatable bonds is 5. The minimum atomic E-state index is -1.03. The third-order valence-electron chi connectivity index (χ3n) is 6.20. The van der Waals surface area contributed by atoms with E-state index in [2.05, 4.69) is 27.3 Å². The molecule has 164 valence electrons. The average Bonchev–Trinajstić information content (AvgIpc) is 3.44. The molecule has 0 bridgehead atoms. The van der Waals surface area contributed by atoms with E-state index in [4.69, 9.17) is 4.42 Å². The fourth-order valence-electron chi connectivity index (χ4n) is 4.11. The summed E-state index contributed by atoms with van der Waals surface area (Å²) in [5.74, 6) is 1.09. The molecule has 9 nitrogen and oxygen atoms in total. The van der Waals surface area contributed by atoms with Crippen LogP contribution in [0.2, 0.25) is 0 Å². The van der Waals surface area contributed by atoms with Gasteiger partial charge in [0.15, 0.2) is 12.2 Å². The van der Waals surface area contributed by atoms with Crippen molar-refractivity contribution >= 4 is 5.91 Å². The number of para-hydroxylation sites is 1. The lowest BCUT2D eigenvalue weighted by molar-refractivity contribution is 0.0473. The van der Waals surface area contributed by atoms with Crippen LogP contribution in [0.3, 0.4) is 0 Å². The fraction of sp³-hybridized carbons (Fsp3) is 0.500. The molecule has 0 saturated carbocycles. The van der Waals surface area contributed by atoms with E-state index < -0.39 is 5.60 Å². The van der Waals surface area contributed by atoms with Gasteiger partial charge in [-0.25, -0.2) is 4.98 Å². The highest BCUT2D eigenvalue weighted by Gasteiger charge is 2.36. The van der Waals surface area contributed by atoms with Crippen LogP contribution in [0.5, 0.6) is 0 Å². The van der Waals surface area contributed by atoms with Gasteiger partial charge in [-0.05, 0) is 57.4 Å². The SMILES string of the molecule is CCC(C)(O)c1nc(C2CCC(C)N(C(=O)c3ccccc3-n3ncnn3)C2)oc1C. The highest BCUT2D eigenvalue weighted by Crippen LogP contribution is 2.34. The van der Waals surface area contributed by atoms with Crippen LogP contribution in [0, 0.1) is 6.92 Å². The Morgan fingerprint density at radius 3 is 2.81 bits per heavy atom. The van der Waals surface area contributed by atoms with E-state index >= 15 is 0 Å². The van der Waals surface area contributed by atoms with Crippen LogP contribution < -0.4 is 0 Å². The molecule has 3 atom stereocenters. The van der Waals surface area contributed by atoms with Crippen LogP contribution >= 0.6 is 0 Å². The van der Waals surface area contributed by atoms with Gasteiger partial charge in [0.05, 0.1) is 11.5 Å². The summed E-state index contributed by atoms with van der Waals surface area (Å²) >= 11 is 0. The predicted molar refractivity (Wildman–Crippen MR) is 113 cm³/mol. The molecule has 1 aromatic carbocycles. The zero-order chi connectivity index (χ0) is 22.2. The summed E-state index contributed by atoms with van der Waals surface area (Å²) in [5.41, 5.74) is 0.649. The molecule has 2 aromatic heterocycles. The van der Waals surface area contributed by atoms with Gasteiger partial charge in [0.1, 0.15) is 22.7 Å². The first kappa shape index (κ1) is 21.2. The summed E-state index contributed by atoms with van der Waals surface area (Å²) in [6.07, 6.45) is 3.58. The lowest BCUT2D eigenvalue weighted by Crippen LogP contribution is -2.45. The van der Waals surface area contributed by atoms with Crippen LogP contribution in [-0.2, 0) is 5.60 Å². The Morgan fingerprint density at radius 1 is 1.32 bits per heavy atom. The second-order valence-corrected chi connectivity index (χ2v) is 8.41. The number of carbonyl (C=O) groups excluding carboxylic acids is 1. The quantitative estimate of drug-likeness (QED) is 0.670. The lowest BCUT2D eigenvalue weighted by atomic mass is 9.92. The van der Waals surface area contributed by atoms with Gasteiger partial charge in [-0.15, -0.1) is 15.0 Å². The van der Waals surface area contributed by atoms with Crippen LogP contribution in [-0.4, -0.2) is 53.7 Å². The highest BCUT2D eigenvalue weighted by molar-refractivity contribution is 5.98. The molecule has 4 rings (SSSR count). The molecule has 0 radical (unpaired) electrons. The number of amides is 1. The maximum absolute atomic E-state index is 13.5. The van der Waals surface area contributed by atoms with Gasteiger partial charge in [-0.1, -0.05) is 19.1 Å². The van der Waals surface area contributed by atoms with Crippen molar-refractivity contribution in [3.8, 4) is 5.69 Å². The molecule has 1 aliphatic heterocycles. The van der Waals surface area contributed by atoms with Crippen LogP contribution in [0.4, 0.5) is 0 Å². The predicted octanol–water partition coefficient (Wildman–Crippen LogP) is 2.98. The number of oxazole rings is 1. The second-order valence-electron chi connectivity index (χ2n) is 8.41. The molecule has 1 aliphatic rings. The van der Waals surface area contributed by atoms with Gasteiger partial charge in [0, 0.05) is 12.6 Å². The molecule has 0 spiro atoms. The molecule has 0 aliphatic carbocycles. The second kappa shape index (κ2) is 8.22. The number of hydrogen-bond acceptors (Lipinski definition) is 7. The number of aromatic nitrogens is 5. The molecule has 1 fully saturated rings. The molecule has 1 saturated heterocycles. The third-order valence-corrected chi connectivity index (χ3v) is 6.20. The Bertz CT molecular complexity index is 1060. The highest BCUT2D eigenvalue weighted by atomic mass is 16.4. The summed E-state index contributed by atoms with van der Waals surface area (Å²) in [5, 5.41) is 22.4. The summed E-state index contributed by atoms with van der Waals surface area (Å²) < 4.78 is 5.95. The number of tetrazole rings is 1. The van der Waals surface area contributed by atoms with Crippen molar-refractivity contribution in [3.05, 3.63) is 53.5 Å². The molecular formula is C22H28N6O3. The van der Waals surface area contributed by atoms with Crippen molar-refractivity contribution in [2.45, 2.75) is 64.5 Å². The standard InChI is InChI=1S/C22H28N6O3/c1-5-22(4,30)19-15(3)31-20(25-19)16-11-10-14(2)27(12-16)21(29)17-8-6-7-9-18(17)28-24-13-23-26-28/h6-9,13-14,16,30H,5,10-12H2,1-4H3. The largest absolute Gasteiger partial charge is 0.445 e. The molecule has 3 aromatic rings. The number of nitrogens with zero attached hydrogens (tertiary/aromatic N) is 6. The minimum absolute atomic E-state index is 0.0306. The Kier molecular flexibility index (Phi) is 5.62. The summed E-state index contributed by atoms with van der Waals surface area (Å²) in [4.78, 5) is 21.4. The smallest absolute Gasteiger partial charge is 0.256 e. The van der Waals surface area contributed by atoms with Gasteiger partial charge >= 0.3 is 0 Å². The molecule has 1 amide bonds. The number of benzene rings is 1. The Morgan fingerprint density at radius 2 is 2.10 bits per heavy atom. The molecule has 3 unspecified atom stereocenters. The number of aryl methyl sites for hydroxylation is 1. The number of likely N-dealkylation sites (tertiary alicyclic amines) is 1. The van der Waals surface area contributed by atoms with E-state index in [1.54, 1.807) is 19.1 Å². The number of hydrogen-bond donors (Lipinski definition) is 1. The molecule has 1 N–H and O–H groups in total. The van der Waals surface area contributed by atoms with E-state index in [9.17, 15) is 9.90 Å². The summed E-state index contributed by atoms with van der Waals surface area (Å²) in [6.45, 7) is 8.03. The Hall–Kier alpha value is -3.07. The molecular weight excluding hydrogens is 396 g/mol. The molecule has 31 heavy (non-hydrogen) atoms.